The molecule has 0 saturated carbocycles. The molecule has 7 nitrogen and oxygen atoms in total. The number of ether oxygens (including phenoxy) is 1. The molecule has 1 amide bonds. The highest BCUT2D eigenvalue weighted by atomic mass is 19.3. The van der Waals surface area contributed by atoms with Crippen LogP contribution in [0.25, 0.3) is 11.1 Å². The number of rotatable bonds is 8. The molecule has 0 unspecified atom stereocenters. The summed E-state index contributed by atoms with van der Waals surface area (Å²) in [5, 5.41) is 5.79. The fourth-order valence-electron chi connectivity index (χ4n) is 3.26. The molecule has 0 radical (unpaired) electrons. The molecule has 4 N–H and O–H groups in total. The van der Waals surface area contributed by atoms with Crippen molar-refractivity contribution in [3.63, 3.8) is 0 Å². The minimum Gasteiger partial charge on any atom is -0.434 e. The molecular formula is C24H27F2N5O2. The smallest absolute Gasteiger partial charge is 0.387 e. The van der Waals surface area contributed by atoms with Crippen molar-refractivity contribution in [1.29, 1.82) is 0 Å². The zero-order valence-electron chi connectivity index (χ0n) is 18.9. The van der Waals surface area contributed by atoms with Crippen LogP contribution in [-0.2, 0) is 12.1 Å². The molecule has 0 saturated heterocycles. The summed E-state index contributed by atoms with van der Waals surface area (Å²) in [6.45, 7) is 2.74. The Kier molecular flexibility index (Phi) is 7.23. The second-order valence-corrected chi connectivity index (χ2v) is 8.20. The van der Waals surface area contributed by atoms with Crippen molar-refractivity contribution in [1.82, 2.24) is 15.3 Å². The van der Waals surface area contributed by atoms with Crippen LogP contribution in [0, 0.1) is 6.92 Å². The number of carbonyl (C=O) groups excluding carboxylic acids is 1. The average Bonchev–Trinajstić information content (AvgIpc) is 2.77. The van der Waals surface area contributed by atoms with Crippen LogP contribution in [0.1, 0.15) is 41.2 Å². The summed E-state index contributed by atoms with van der Waals surface area (Å²) in [5.41, 5.74) is 9.28. The summed E-state index contributed by atoms with van der Waals surface area (Å²) in [5.74, 6) is 0.306. The number of anilines is 1. The first kappa shape index (κ1) is 24.1. The van der Waals surface area contributed by atoms with E-state index in [9.17, 15) is 13.6 Å². The van der Waals surface area contributed by atoms with E-state index in [1.165, 1.54) is 13.1 Å². The van der Waals surface area contributed by atoms with Crippen LogP contribution in [-0.4, -0.2) is 29.5 Å². The number of nitrogens with two attached hydrogens (primary N) is 1. The van der Waals surface area contributed by atoms with Crippen molar-refractivity contribution in [3.05, 3.63) is 71.3 Å². The number of nitrogens with zero attached hydrogens (tertiary/aromatic N) is 2. The molecule has 9 heteroatoms. The minimum atomic E-state index is -2.93. The Balaban J connectivity index is 1.94. The van der Waals surface area contributed by atoms with E-state index in [1.807, 2.05) is 20.8 Å². The van der Waals surface area contributed by atoms with Crippen LogP contribution < -0.4 is 21.1 Å². The molecule has 1 heterocycles. The van der Waals surface area contributed by atoms with Gasteiger partial charge in [0.05, 0.1) is 11.1 Å². The summed E-state index contributed by atoms with van der Waals surface area (Å²) in [6, 6.07) is 10.2. The SMILES string of the molecule is CNC(=O)c1ccc(-c2cnc(C(C)(C)N)nc2)cc1NCc1cc(C)ccc1OC(F)F. The number of aryl methyl sites for hydroxylation is 1. The van der Waals surface area contributed by atoms with Crippen molar-refractivity contribution in [2.45, 2.75) is 39.5 Å². The molecule has 0 atom stereocenters. The van der Waals surface area contributed by atoms with E-state index < -0.39 is 12.2 Å². The van der Waals surface area contributed by atoms with Gasteiger partial charge in [0.2, 0.25) is 0 Å². The van der Waals surface area contributed by atoms with Gasteiger partial charge < -0.3 is 21.1 Å². The van der Waals surface area contributed by atoms with E-state index >= 15 is 0 Å². The second kappa shape index (κ2) is 9.91. The molecule has 1 aromatic heterocycles. The first-order valence-electron chi connectivity index (χ1n) is 10.3. The maximum Gasteiger partial charge on any atom is 0.387 e. The lowest BCUT2D eigenvalue weighted by molar-refractivity contribution is -0.0504. The Morgan fingerprint density at radius 1 is 1.12 bits per heavy atom. The Morgan fingerprint density at radius 2 is 1.82 bits per heavy atom. The Bertz CT molecular complexity index is 1130. The predicted molar refractivity (Wildman–Crippen MR) is 123 cm³/mol. The third-order valence-corrected chi connectivity index (χ3v) is 4.95. The first-order chi connectivity index (χ1) is 15.6. The van der Waals surface area contributed by atoms with Gasteiger partial charge in [-0.25, -0.2) is 9.97 Å². The zero-order valence-corrected chi connectivity index (χ0v) is 18.9. The van der Waals surface area contributed by atoms with Crippen molar-refractivity contribution < 1.29 is 18.3 Å². The standard InChI is InChI=1S/C24H27F2N5O2/c1-14-5-8-20(33-23(25)26)16(9-14)11-29-19-10-15(6-7-18(19)21(32)28-4)17-12-30-22(31-13-17)24(2,3)27/h5-10,12-13,23,29H,11,27H2,1-4H3,(H,28,32). The van der Waals surface area contributed by atoms with Gasteiger partial charge in [-0.05, 0) is 44.5 Å². The number of amides is 1. The third kappa shape index (κ3) is 6.01. The second-order valence-electron chi connectivity index (χ2n) is 8.20. The van der Waals surface area contributed by atoms with Crippen LogP contribution in [0.4, 0.5) is 14.5 Å². The fourth-order valence-corrected chi connectivity index (χ4v) is 3.26. The Labute approximate surface area is 191 Å². The van der Waals surface area contributed by atoms with Gasteiger partial charge in [0.1, 0.15) is 11.6 Å². The topological polar surface area (TPSA) is 102 Å². The molecule has 0 bridgehead atoms. The lowest BCUT2D eigenvalue weighted by Crippen LogP contribution is -2.31. The third-order valence-electron chi connectivity index (χ3n) is 4.95. The molecule has 0 aliphatic carbocycles. The average molecular weight is 456 g/mol. The van der Waals surface area contributed by atoms with Gasteiger partial charge in [0.25, 0.3) is 5.91 Å². The number of carbonyl (C=O) groups is 1. The normalized spacial score (nSPS) is 11.4. The number of hydrogen-bond donors (Lipinski definition) is 3. The van der Waals surface area contributed by atoms with E-state index in [-0.39, 0.29) is 18.2 Å². The van der Waals surface area contributed by atoms with Crippen molar-refractivity contribution in [3.8, 4) is 16.9 Å². The highest BCUT2D eigenvalue weighted by molar-refractivity contribution is 6.00. The van der Waals surface area contributed by atoms with Gasteiger partial charge in [0.15, 0.2) is 0 Å². The van der Waals surface area contributed by atoms with Gasteiger partial charge in [-0.3, -0.25) is 4.79 Å². The number of halogens is 2. The lowest BCUT2D eigenvalue weighted by Gasteiger charge is -2.17. The minimum absolute atomic E-state index is 0.0779. The van der Waals surface area contributed by atoms with E-state index in [4.69, 9.17) is 5.73 Å². The summed E-state index contributed by atoms with van der Waals surface area (Å²) in [4.78, 5) is 21.1. The number of hydrogen-bond acceptors (Lipinski definition) is 6. The van der Waals surface area contributed by atoms with Crippen molar-refractivity contribution >= 4 is 11.6 Å². The van der Waals surface area contributed by atoms with Gasteiger partial charge in [-0.15, -0.1) is 0 Å². The van der Waals surface area contributed by atoms with E-state index in [2.05, 4.69) is 25.3 Å². The summed E-state index contributed by atoms with van der Waals surface area (Å²) >= 11 is 0. The van der Waals surface area contributed by atoms with E-state index in [0.29, 0.717) is 22.6 Å². The summed E-state index contributed by atoms with van der Waals surface area (Å²) in [7, 11) is 1.54. The first-order valence-corrected chi connectivity index (χ1v) is 10.3. The van der Waals surface area contributed by atoms with Crippen LogP contribution in [0.3, 0.4) is 0 Å². The monoisotopic (exact) mass is 455 g/mol. The highest BCUT2D eigenvalue weighted by Gasteiger charge is 2.18. The van der Waals surface area contributed by atoms with Gasteiger partial charge in [0, 0.05) is 42.8 Å². The maximum atomic E-state index is 12.8. The van der Waals surface area contributed by atoms with Crippen molar-refractivity contribution in [2.24, 2.45) is 5.73 Å². The molecule has 0 aliphatic rings. The molecule has 0 fully saturated rings. The van der Waals surface area contributed by atoms with Gasteiger partial charge >= 0.3 is 6.61 Å². The summed E-state index contributed by atoms with van der Waals surface area (Å²) < 4.78 is 30.3. The highest BCUT2D eigenvalue weighted by Crippen LogP contribution is 2.28. The largest absolute Gasteiger partial charge is 0.434 e. The predicted octanol–water partition coefficient (Wildman–Crippen LogP) is 4.22. The molecule has 174 valence electrons. The van der Waals surface area contributed by atoms with Crippen LogP contribution in [0.5, 0.6) is 5.75 Å². The molecule has 2 aromatic carbocycles. The van der Waals surface area contributed by atoms with Crippen molar-refractivity contribution in [2.75, 3.05) is 12.4 Å². The quantitative estimate of drug-likeness (QED) is 0.470. The molecule has 3 rings (SSSR count). The summed E-state index contributed by atoms with van der Waals surface area (Å²) in [6.07, 6.45) is 3.34. The Hall–Kier alpha value is -3.59. The van der Waals surface area contributed by atoms with Crippen LogP contribution in [0.15, 0.2) is 48.8 Å². The Morgan fingerprint density at radius 3 is 2.42 bits per heavy atom. The van der Waals surface area contributed by atoms with Crippen LogP contribution >= 0.6 is 0 Å². The van der Waals surface area contributed by atoms with Crippen LogP contribution in [0.2, 0.25) is 0 Å². The lowest BCUT2D eigenvalue weighted by atomic mass is 10.0. The molecule has 3 aromatic rings. The van der Waals surface area contributed by atoms with Gasteiger partial charge in [-0.1, -0.05) is 23.8 Å². The van der Waals surface area contributed by atoms with E-state index in [1.54, 1.807) is 42.7 Å². The zero-order chi connectivity index (χ0) is 24.2. The molecule has 33 heavy (non-hydrogen) atoms. The fraction of sp³-hybridized carbons (Fsp3) is 0.292. The number of benzene rings is 2. The molecular weight excluding hydrogens is 428 g/mol. The van der Waals surface area contributed by atoms with Gasteiger partial charge in [-0.2, -0.15) is 8.78 Å². The number of alkyl halides is 2. The maximum absolute atomic E-state index is 12.8. The molecule has 0 spiro atoms. The number of nitrogens with one attached hydrogen (secondary N) is 2. The number of aromatic nitrogens is 2. The molecule has 0 aliphatic heterocycles. The van der Waals surface area contributed by atoms with E-state index in [0.717, 1.165) is 16.7 Å².